The Morgan fingerprint density at radius 2 is 2.29 bits per heavy atom. The highest BCUT2D eigenvalue weighted by Gasteiger charge is 2.13. The zero-order chi connectivity index (χ0) is 14.8. The molecule has 3 rings (SSSR count). The van der Waals surface area contributed by atoms with E-state index in [1.165, 1.54) is 11.3 Å². The van der Waals surface area contributed by atoms with Gasteiger partial charge in [-0.25, -0.2) is 4.98 Å². The normalized spacial score (nSPS) is 10.8. The molecular weight excluding hydrogens is 308 g/mol. The molecule has 0 bridgehead atoms. The van der Waals surface area contributed by atoms with Gasteiger partial charge in [0.15, 0.2) is 0 Å². The number of halogens is 1. The number of benzene rings is 1. The summed E-state index contributed by atoms with van der Waals surface area (Å²) in [6.45, 7) is 0.319. The summed E-state index contributed by atoms with van der Waals surface area (Å²) >= 11 is 7.43. The van der Waals surface area contributed by atoms with Gasteiger partial charge in [0.1, 0.15) is 10.7 Å². The molecule has 5 nitrogen and oxygen atoms in total. The molecule has 1 amide bonds. The first-order valence-electron chi connectivity index (χ1n) is 6.17. The fraction of sp³-hybridized carbons (Fsp3) is 0.0714. The zero-order valence-corrected chi connectivity index (χ0v) is 12.4. The van der Waals surface area contributed by atoms with Crippen molar-refractivity contribution < 1.29 is 4.79 Å². The van der Waals surface area contributed by atoms with E-state index in [9.17, 15) is 4.79 Å². The van der Waals surface area contributed by atoms with E-state index in [-0.39, 0.29) is 5.91 Å². The Kier molecular flexibility index (Phi) is 3.83. The second-order valence-electron chi connectivity index (χ2n) is 4.31. The monoisotopic (exact) mass is 318 g/mol. The van der Waals surface area contributed by atoms with Crippen molar-refractivity contribution in [3.05, 3.63) is 51.6 Å². The summed E-state index contributed by atoms with van der Waals surface area (Å²) < 4.78 is 0. The van der Waals surface area contributed by atoms with E-state index in [0.29, 0.717) is 33.5 Å². The number of carbonyl (C=O) groups excluding carboxylic acids is 1. The summed E-state index contributed by atoms with van der Waals surface area (Å²) in [5.74, 6) is -0.305. The van der Waals surface area contributed by atoms with Crippen LogP contribution in [0.5, 0.6) is 0 Å². The molecule has 0 saturated heterocycles. The third-order valence-corrected chi connectivity index (χ3v) is 3.97. The highest BCUT2D eigenvalue weighted by molar-refractivity contribution is 7.09. The topological polar surface area (TPSA) is 80.9 Å². The molecule has 0 unspecified atom stereocenters. The van der Waals surface area contributed by atoms with Gasteiger partial charge >= 0.3 is 0 Å². The largest absolute Gasteiger partial charge is 0.325 e. The van der Waals surface area contributed by atoms with Crippen LogP contribution in [-0.2, 0) is 6.54 Å². The first-order chi connectivity index (χ1) is 10.2. The molecule has 7 heteroatoms. The van der Waals surface area contributed by atoms with Gasteiger partial charge in [-0.15, -0.1) is 11.3 Å². The standard InChI is InChI=1S/C14H11ClN4OS/c15-9-4-8-2-1-3-17-13(8)10(5-9)19-14(20)11-7-21-12(6-16)18-11/h1-5,7H,6,16H2,(H,19,20). The van der Waals surface area contributed by atoms with Crippen molar-refractivity contribution in [3.63, 3.8) is 0 Å². The second-order valence-corrected chi connectivity index (χ2v) is 5.69. The number of fused-ring (bicyclic) bond motifs is 1. The number of amides is 1. The number of pyridine rings is 1. The molecule has 0 fully saturated rings. The molecule has 3 aromatic rings. The van der Waals surface area contributed by atoms with Gasteiger partial charge in [-0.1, -0.05) is 17.7 Å². The van der Waals surface area contributed by atoms with Gasteiger partial charge in [-0.05, 0) is 18.2 Å². The lowest BCUT2D eigenvalue weighted by molar-refractivity contribution is 0.102. The molecule has 0 aliphatic heterocycles. The molecular formula is C14H11ClN4OS. The van der Waals surface area contributed by atoms with Gasteiger partial charge in [0.2, 0.25) is 0 Å². The van der Waals surface area contributed by atoms with Gasteiger partial charge in [-0.3, -0.25) is 9.78 Å². The summed E-state index contributed by atoms with van der Waals surface area (Å²) in [4.78, 5) is 20.7. The summed E-state index contributed by atoms with van der Waals surface area (Å²) in [6, 6.07) is 7.18. The average molecular weight is 319 g/mol. The Bertz CT molecular complexity index is 818. The Labute approximate surface area is 129 Å². The number of nitrogens with zero attached hydrogens (tertiary/aromatic N) is 2. The highest BCUT2D eigenvalue weighted by atomic mass is 35.5. The van der Waals surface area contributed by atoms with Crippen molar-refractivity contribution in [1.82, 2.24) is 9.97 Å². The lowest BCUT2D eigenvalue weighted by Gasteiger charge is -2.07. The van der Waals surface area contributed by atoms with E-state index in [4.69, 9.17) is 17.3 Å². The van der Waals surface area contributed by atoms with Gasteiger partial charge < -0.3 is 11.1 Å². The molecule has 3 N–H and O–H groups in total. The lowest BCUT2D eigenvalue weighted by atomic mass is 10.2. The van der Waals surface area contributed by atoms with E-state index < -0.39 is 0 Å². The molecule has 0 saturated carbocycles. The van der Waals surface area contributed by atoms with Gasteiger partial charge in [-0.2, -0.15) is 0 Å². The Hall–Kier alpha value is -2.02. The molecule has 21 heavy (non-hydrogen) atoms. The molecule has 0 atom stereocenters. The maximum absolute atomic E-state index is 12.2. The SMILES string of the molecule is NCc1nc(C(=O)Nc2cc(Cl)cc3cccnc23)cs1. The summed E-state index contributed by atoms with van der Waals surface area (Å²) in [5, 5.41) is 6.59. The van der Waals surface area contributed by atoms with Crippen molar-refractivity contribution >= 4 is 45.4 Å². The number of aromatic nitrogens is 2. The van der Waals surface area contributed by atoms with E-state index in [0.717, 1.165) is 5.39 Å². The second kappa shape index (κ2) is 5.77. The van der Waals surface area contributed by atoms with E-state index in [1.54, 1.807) is 23.7 Å². The summed E-state index contributed by atoms with van der Waals surface area (Å²) in [7, 11) is 0. The minimum absolute atomic E-state index is 0.305. The molecule has 0 aliphatic carbocycles. The van der Waals surface area contributed by atoms with Crippen LogP contribution in [0.1, 0.15) is 15.5 Å². The van der Waals surface area contributed by atoms with E-state index >= 15 is 0 Å². The number of hydrogen-bond donors (Lipinski definition) is 2. The number of hydrogen-bond acceptors (Lipinski definition) is 5. The van der Waals surface area contributed by atoms with Crippen LogP contribution in [-0.4, -0.2) is 15.9 Å². The van der Waals surface area contributed by atoms with Crippen LogP contribution in [0.15, 0.2) is 35.8 Å². The van der Waals surface area contributed by atoms with Crippen molar-refractivity contribution in [2.45, 2.75) is 6.54 Å². The van der Waals surface area contributed by atoms with Crippen molar-refractivity contribution in [2.24, 2.45) is 5.73 Å². The van der Waals surface area contributed by atoms with Crippen molar-refractivity contribution in [3.8, 4) is 0 Å². The Morgan fingerprint density at radius 1 is 1.43 bits per heavy atom. The van der Waals surface area contributed by atoms with Gasteiger partial charge in [0.05, 0.1) is 11.2 Å². The predicted octanol–water partition coefficient (Wildman–Crippen LogP) is 3.06. The number of rotatable bonds is 3. The minimum Gasteiger partial charge on any atom is -0.325 e. The summed E-state index contributed by atoms with van der Waals surface area (Å²) in [6.07, 6.45) is 1.67. The van der Waals surface area contributed by atoms with Gasteiger partial charge in [0.25, 0.3) is 5.91 Å². The third-order valence-electron chi connectivity index (χ3n) is 2.88. The Morgan fingerprint density at radius 3 is 3.05 bits per heavy atom. The first-order valence-corrected chi connectivity index (χ1v) is 7.43. The van der Waals surface area contributed by atoms with Crippen molar-refractivity contribution in [2.75, 3.05) is 5.32 Å². The molecule has 2 heterocycles. The number of nitrogens with one attached hydrogen (secondary N) is 1. The number of carbonyl (C=O) groups is 1. The molecule has 0 radical (unpaired) electrons. The van der Waals surface area contributed by atoms with E-state index in [2.05, 4.69) is 15.3 Å². The quantitative estimate of drug-likeness (QED) is 0.777. The Balaban J connectivity index is 1.95. The predicted molar refractivity (Wildman–Crippen MR) is 84.7 cm³/mol. The molecule has 2 aromatic heterocycles. The number of thiazole rings is 1. The number of nitrogens with two attached hydrogens (primary N) is 1. The third kappa shape index (κ3) is 2.87. The van der Waals surface area contributed by atoms with Crippen LogP contribution in [0.4, 0.5) is 5.69 Å². The molecule has 0 spiro atoms. The lowest BCUT2D eigenvalue weighted by Crippen LogP contribution is -2.13. The summed E-state index contributed by atoms with van der Waals surface area (Å²) in [5.41, 5.74) is 7.08. The van der Waals surface area contributed by atoms with Crippen LogP contribution >= 0.6 is 22.9 Å². The number of anilines is 1. The maximum atomic E-state index is 12.2. The first kappa shape index (κ1) is 13.9. The average Bonchev–Trinajstić information content (AvgIpc) is 2.96. The highest BCUT2D eigenvalue weighted by Crippen LogP contribution is 2.26. The van der Waals surface area contributed by atoms with E-state index in [1.807, 2.05) is 12.1 Å². The fourth-order valence-corrected chi connectivity index (χ4v) is 2.83. The van der Waals surface area contributed by atoms with Crippen molar-refractivity contribution in [1.29, 1.82) is 0 Å². The maximum Gasteiger partial charge on any atom is 0.275 e. The fourth-order valence-electron chi connectivity index (χ4n) is 1.95. The van der Waals surface area contributed by atoms with Crippen LogP contribution in [0.2, 0.25) is 5.02 Å². The molecule has 106 valence electrons. The van der Waals surface area contributed by atoms with Crippen LogP contribution < -0.4 is 11.1 Å². The van der Waals surface area contributed by atoms with Gasteiger partial charge in [0, 0.05) is 28.5 Å². The zero-order valence-electron chi connectivity index (χ0n) is 10.8. The molecule has 1 aromatic carbocycles. The minimum atomic E-state index is -0.305. The smallest absolute Gasteiger partial charge is 0.275 e. The molecule has 0 aliphatic rings. The van der Waals surface area contributed by atoms with Crippen LogP contribution in [0, 0.1) is 0 Å². The van der Waals surface area contributed by atoms with Crippen LogP contribution in [0.25, 0.3) is 10.9 Å². The van der Waals surface area contributed by atoms with Crippen LogP contribution in [0.3, 0.4) is 0 Å².